The van der Waals surface area contributed by atoms with Gasteiger partial charge in [0.2, 0.25) is 5.91 Å². The summed E-state index contributed by atoms with van der Waals surface area (Å²) in [6.07, 6.45) is 1.62. The van der Waals surface area contributed by atoms with Crippen molar-refractivity contribution in [3.8, 4) is 0 Å². The molecule has 0 radical (unpaired) electrons. The van der Waals surface area contributed by atoms with E-state index in [0.717, 1.165) is 18.8 Å². The minimum atomic E-state index is -0.0851. The topological polar surface area (TPSA) is 57.5 Å². The van der Waals surface area contributed by atoms with Gasteiger partial charge in [0.15, 0.2) is 0 Å². The highest BCUT2D eigenvalue weighted by atomic mass is 16.3. The first-order valence-electron chi connectivity index (χ1n) is 6.86. The number of nitrogens with one attached hydrogen (secondary N) is 2. The zero-order valence-corrected chi connectivity index (χ0v) is 11.8. The molecule has 3 unspecified atom stereocenters. The average molecular weight is 265 g/mol. The van der Waals surface area contributed by atoms with Crippen molar-refractivity contribution in [2.24, 2.45) is 0 Å². The lowest BCUT2D eigenvalue weighted by Gasteiger charge is -2.37. The second-order valence-electron chi connectivity index (χ2n) is 5.39. The first-order chi connectivity index (χ1) is 9.06. The Morgan fingerprint density at radius 3 is 3.11 bits per heavy atom. The highest BCUT2D eigenvalue weighted by Gasteiger charge is 2.24. The molecule has 2 heterocycles. The standard InChI is InChI=1S/C14H23N3O2/c1-10-8-17(11(2)7-15-10)9-14(18)16-12(3)13-5-4-6-19-13/h4-6,10-12,15H,7-9H2,1-3H3,(H,16,18). The number of hydrogen-bond acceptors (Lipinski definition) is 4. The van der Waals surface area contributed by atoms with Crippen LogP contribution in [0.3, 0.4) is 0 Å². The number of carbonyl (C=O) groups excluding carboxylic acids is 1. The van der Waals surface area contributed by atoms with Crippen LogP contribution in [-0.4, -0.2) is 42.5 Å². The summed E-state index contributed by atoms with van der Waals surface area (Å²) < 4.78 is 5.29. The molecule has 1 amide bonds. The first-order valence-corrected chi connectivity index (χ1v) is 6.86. The Morgan fingerprint density at radius 1 is 1.63 bits per heavy atom. The SMILES string of the molecule is CC1CN(CC(=O)NC(C)c2ccco2)C(C)CN1. The van der Waals surface area contributed by atoms with E-state index in [1.165, 1.54) is 0 Å². The van der Waals surface area contributed by atoms with Crippen LogP contribution in [0.15, 0.2) is 22.8 Å². The van der Waals surface area contributed by atoms with Crippen LogP contribution in [-0.2, 0) is 4.79 Å². The van der Waals surface area contributed by atoms with Crippen molar-refractivity contribution in [3.63, 3.8) is 0 Å². The quantitative estimate of drug-likeness (QED) is 0.857. The normalized spacial score (nSPS) is 26.1. The summed E-state index contributed by atoms with van der Waals surface area (Å²) >= 11 is 0. The number of furan rings is 1. The van der Waals surface area contributed by atoms with Gasteiger partial charge < -0.3 is 15.1 Å². The van der Waals surface area contributed by atoms with Crippen molar-refractivity contribution in [2.75, 3.05) is 19.6 Å². The van der Waals surface area contributed by atoms with Gasteiger partial charge in [-0.2, -0.15) is 0 Å². The highest BCUT2D eigenvalue weighted by Crippen LogP contribution is 2.12. The minimum absolute atomic E-state index is 0.0462. The maximum Gasteiger partial charge on any atom is 0.234 e. The van der Waals surface area contributed by atoms with Gasteiger partial charge in [-0.05, 0) is 32.9 Å². The predicted octanol–water partition coefficient (Wildman–Crippen LogP) is 1.14. The van der Waals surface area contributed by atoms with Crippen LogP contribution in [0.1, 0.15) is 32.6 Å². The van der Waals surface area contributed by atoms with Gasteiger partial charge in [0.05, 0.1) is 18.8 Å². The molecule has 1 saturated heterocycles. The van der Waals surface area contributed by atoms with Gasteiger partial charge in [-0.25, -0.2) is 0 Å². The molecule has 106 valence electrons. The van der Waals surface area contributed by atoms with Crippen molar-refractivity contribution in [1.82, 2.24) is 15.5 Å². The molecule has 0 saturated carbocycles. The van der Waals surface area contributed by atoms with Gasteiger partial charge in [-0.3, -0.25) is 9.69 Å². The molecule has 0 bridgehead atoms. The van der Waals surface area contributed by atoms with E-state index in [4.69, 9.17) is 4.42 Å². The van der Waals surface area contributed by atoms with Gasteiger partial charge in [0.25, 0.3) is 0 Å². The maximum absolute atomic E-state index is 12.1. The fraction of sp³-hybridized carbons (Fsp3) is 0.643. The molecule has 1 aromatic heterocycles. The van der Waals surface area contributed by atoms with Crippen molar-refractivity contribution in [2.45, 2.75) is 38.9 Å². The zero-order valence-electron chi connectivity index (χ0n) is 11.8. The minimum Gasteiger partial charge on any atom is -0.467 e. The number of carbonyl (C=O) groups is 1. The van der Waals surface area contributed by atoms with Crippen molar-refractivity contribution in [3.05, 3.63) is 24.2 Å². The smallest absolute Gasteiger partial charge is 0.234 e. The Morgan fingerprint density at radius 2 is 2.42 bits per heavy atom. The zero-order chi connectivity index (χ0) is 13.8. The van der Waals surface area contributed by atoms with Gasteiger partial charge in [0, 0.05) is 25.2 Å². The number of rotatable bonds is 4. The molecule has 2 N–H and O–H groups in total. The summed E-state index contributed by atoms with van der Waals surface area (Å²) in [6.45, 7) is 8.50. The maximum atomic E-state index is 12.1. The molecule has 3 atom stereocenters. The summed E-state index contributed by atoms with van der Waals surface area (Å²) in [4.78, 5) is 14.3. The lowest BCUT2D eigenvalue weighted by molar-refractivity contribution is -0.123. The monoisotopic (exact) mass is 265 g/mol. The van der Waals surface area contributed by atoms with Gasteiger partial charge in [0.1, 0.15) is 5.76 Å². The van der Waals surface area contributed by atoms with Crippen LogP contribution in [0, 0.1) is 0 Å². The van der Waals surface area contributed by atoms with Crippen molar-refractivity contribution >= 4 is 5.91 Å². The molecule has 1 aliphatic heterocycles. The molecule has 5 nitrogen and oxygen atoms in total. The largest absolute Gasteiger partial charge is 0.467 e. The molecule has 1 fully saturated rings. The third-order valence-corrected chi connectivity index (χ3v) is 3.59. The molecule has 5 heteroatoms. The van der Waals surface area contributed by atoms with Crippen LogP contribution in [0.5, 0.6) is 0 Å². The molecule has 1 aromatic rings. The third kappa shape index (κ3) is 3.81. The third-order valence-electron chi connectivity index (χ3n) is 3.59. The van der Waals surface area contributed by atoms with Crippen LogP contribution in [0.25, 0.3) is 0 Å². The molecular weight excluding hydrogens is 242 g/mol. The fourth-order valence-corrected chi connectivity index (χ4v) is 2.40. The van der Waals surface area contributed by atoms with Gasteiger partial charge >= 0.3 is 0 Å². The van der Waals surface area contributed by atoms with Crippen molar-refractivity contribution < 1.29 is 9.21 Å². The summed E-state index contributed by atoms with van der Waals surface area (Å²) in [5, 5.41) is 6.38. The van der Waals surface area contributed by atoms with E-state index in [0.29, 0.717) is 18.6 Å². The molecule has 0 aliphatic carbocycles. The Hall–Kier alpha value is -1.33. The summed E-state index contributed by atoms with van der Waals surface area (Å²) in [6, 6.07) is 4.45. The van der Waals surface area contributed by atoms with E-state index in [9.17, 15) is 4.79 Å². The van der Waals surface area contributed by atoms with Crippen LogP contribution in [0.4, 0.5) is 0 Å². The van der Waals surface area contributed by atoms with E-state index in [1.54, 1.807) is 6.26 Å². The average Bonchev–Trinajstić information content (AvgIpc) is 2.87. The second-order valence-corrected chi connectivity index (χ2v) is 5.39. The molecule has 19 heavy (non-hydrogen) atoms. The van der Waals surface area contributed by atoms with Gasteiger partial charge in [-0.15, -0.1) is 0 Å². The van der Waals surface area contributed by atoms with Crippen LogP contribution < -0.4 is 10.6 Å². The summed E-state index contributed by atoms with van der Waals surface area (Å²) in [5.74, 6) is 0.833. The molecule has 0 spiro atoms. The van der Waals surface area contributed by atoms with Gasteiger partial charge in [-0.1, -0.05) is 0 Å². The lowest BCUT2D eigenvalue weighted by Crippen LogP contribution is -2.56. The fourth-order valence-electron chi connectivity index (χ4n) is 2.40. The van der Waals surface area contributed by atoms with E-state index in [1.807, 2.05) is 19.1 Å². The number of piperazine rings is 1. The lowest BCUT2D eigenvalue weighted by atomic mass is 10.1. The Kier molecular flexibility index (Phi) is 4.61. The predicted molar refractivity (Wildman–Crippen MR) is 73.8 cm³/mol. The Labute approximate surface area is 114 Å². The van der Waals surface area contributed by atoms with Crippen LogP contribution in [0.2, 0.25) is 0 Å². The van der Waals surface area contributed by atoms with E-state index >= 15 is 0 Å². The Balaban J connectivity index is 1.83. The highest BCUT2D eigenvalue weighted by molar-refractivity contribution is 5.78. The van der Waals surface area contributed by atoms with E-state index in [2.05, 4.69) is 29.4 Å². The number of nitrogens with zero attached hydrogens (tertiary/aromatic N) is 1. The van der Waals surface area contributed by atoms with Crippen LogP contribution >= 0.6 is 0 Å². The molecule has 2 rings (SSSR count). The van der Waals surface area contributed by atoms with E-state index in [-0.39, 0.29) is 11.9 Å². The first kappa shape index (κ1) is 14.1. The summed E-state index contributed by atoms with van der Waals surface area (Å²) in [5.41, 5.74) is 0. The molecule has 1 aliphatic rings. The summed E-state index contributed by atoms with van der Waals surface area (Å²) in [7, 11) is 0. The molecular formula is C14H23N3O2. The molecule has 0 aromatic carbocycles. The number of amides is 1. The van der Waals surface area contributed by atoms with E-state index < -0.39 is 0 Å². The Bertz CT molecular complexity index is 405. The second kappa shape index (κ2) is 6.21. The number of hydrogen-bond donors (Lipinski definition) is 2. The van der Waals surface area contributed by atoms with Crippen molar-refractivity contribution in [1.29, 1.82) is 0 Å².